The molecule has 0 radical (unpaired) electrons. The van der Waals surface area contributed by atoms with Gasteiger partial charge in [-0.1, -0.05) is 24.3 Å². The number of hydrogen-bond acceptors (Lipinski definition) is 5. The SMILES string of the molecule is Cc1nc(CNC(=O)c2nccc3ccccc23)cc(=O)[nH]1.O=CO. The second-order valence-electron chi connectivity index (χ2n) is 4.99. The van der Waals surface area contributed by atoms with E-state index in [4.69, 9.17) is 9.90 Å². The van der Waals surface area contributed by atoms with E-state index in [2.05, 4.69) is 20.3 Å². The number of aryl methyl sites for hydroxylation is 1. The Bertz CT molecular complexity index is 947. The number of fused-ring (bicyclic) bond motifs is 1. The quantitative estimate of drug-likeness (QED) is 0.616. The van der Waals surface area contributed by atoms with Crippen molar-refractivity contribution in [2.45, 2.75) is 13.5 Å². The van der Waals surface area contributed by atoms with Crippen LogP contribution in [0.25, 0.3) is 10.8 Å². The topological polar surface area (TPSA) is 125 Å². The molecular formula is C17H16N4O4. The van der Waals surface area contributed by atoms with E-state index in [0.717, 1.165) is 10.8 Å². The van der Waals surface area contributed by atoms with Gasteiger partial charge in [0.2, 0.25) is 0 Å². The molecule has 0 aliphatic heterocycles. The van der Waals surface area contributed by atoms with Gasteiger partial charge in [0.05, 0.1) is 12.2 Å². The average Bonchev–Trinajstić information content (AvgIpc) is 2.59. The standard InChI is InChI=1S/C16H14N4O2.CH2O2/c1-10-19-12(8-14(21)20-10)9-18-16(22)15-13-5-3-2-4-11(13)6-7-17-15;2-1-3/h2-8H,9H2,1H3,(H,18,22)(H,19,20,21);1H,(H,2,3). The highest BCUT2D eigenvalue weighted by Crippen LogP contribution is 2.16. The fourth-order valence-electron chi connectivity index (χ4n) is 2.29. The van der Waals surface area contributed by atoms with E-state index in [1.165, 1.54) is 6.07 Å². The van der Waals surface area contributed by atoms with Crippen LogP contribution in [-0.4, -0.2) is 32.4 Å². The van der Waals surface area contributed by atoms with Crippen LogP contribution in [0.2, 0.25) is 0 Å². The third-order valence-electron chi connectivity index (χ3n) is 3.23. The van der Waals surface area contributed by atoms with Crippen molar-refractivity contribution in [2.24, 2.45) is 0 Å². The van der Waals surface area contributed by atoms with Gasteiger partial charge in [0.15, 0.2) is 0 Å². The van der Waals surface area contributed by atoms with Crippen molar-refractivity contribution in [3.8, 4) is 0 Å². The van der Waals surface area contributed by atoms with Crippen LogP contribution >= 0.6 is 0 Å². The number of amides is 1. The maximum absolute atomic E-state index is 12.3. The molecule has 25 heavy (non-hydrogen) atoms. The third-order valence-corrected chi connectivity index (χ3v) is 3.23. The van der Waals surface area contributed by atoms with Crippen molar-refractivity contribution in [3.63, 3.8) is 0 Å². The molecule has 8 nitrogen and oxygen atoms in total. The number of aromatic nitrogens is 3. The predicted octanol–water partition coefficient (Wildman–Crippen LogP) is 1.26. The summed E-state index contributed by atoms with van der Waals surface area (Å²) in [7, 11) is 0. The first-order valence-corrected chi connectivity index (χ1v) is 7.31. The summed E-state index contributed by atoms with van der Waals surface area (Å²) in [5, 5.41) is 11.4. The van der Waals surface area contributed by atoms with Gasteiger partial charge in [-0.05, 0) is 18.4 Å². The van der Waals surface area contributed by atoms with E-state index < -0.39 is 0 Å². The van der Waals surface area contributed by atoms with Crippen molar-refractivity contribution in [3.05, 3.63) is 70.2 Å². The summed E-state index contributed by atoms with van der Waals surface area (Å²) in [4.78, 5) is 42.9. The fourth-order valence-corrected chi connectivity index (χ4v) is 2.29. The van der Waals surface area contributed by atoms with Crippen LogP contribution in [0.3, 0.4) is 0 Å². The van der Waals surface area contributed by atoms with E-state index in [1.54, 1.807) is 13.1 Å². The van der Waals surface area contributed by atoms with E-state index in [1.807, 2.05) is 30.3 Å². The molecule has 1 aromatic carbocycles. The number of nitrogens with zero attached hydrogens (tertiary/aromatic N) is 2. The summed E-state index contributed by atoms with van der Waals surface area (Å²) in [6.45, 7) is 1.62. The lowest BCUT2D eigenvalue weighted by molar-refractivity contribution is -0.122. The molecule has 0 atom stereocenters. The second kappa shape index (κ2) is 8.34. The summed E-state index contributed by atoms with van der Waals surface area (Å²) < 4.78 is 0. The Morgan fingerprint density at radius 2 is 2.04 bits per heavy atom. The lowest BCUT2D eigenvalue weighted by Gasteiger charge is -2.07. The summed E-state index contributed by atoms with van der Waals surface area (Å²) in [5.41, 5.74) is 0.634. The van der Waals surface area contributed by atoms with Gasteiger partial charge in [-0.15, -0.1) is 0 Å². The van der Waals surface area contributed by atoms with Crippen molar-refractivity contribution >= 4 is 23.2 Å². The molecule has 0 spiro atoms. The monoisotopic (exact) mass is 340 g/mol. The highest BCUT2D eigenvalue weighted by Gasteiger charge is 2.11. The molecule has 0 fully saturated rings. The van der Waals surface area contributed by atoms with E-state index >= 15 is 0 Å². The molecule has 0 bridgehead atoms. The molecule has 0 unspecified atom stereocenters. The molecule has 0 aliphatic carbocycles. The first-order chi connectivity index (χ1) is 12.0. The van der Waals surface area contributed by atoms with Crippen LogP contribution < -0.4 is 10.9 Å². The fraction of sp³-hybridized carbons (Fsp3) is 0.118. The van der Waals surface area contributed by atoms with Gasteiger partial charge in [0.25, 0.3) is 17.9 Å². The largest absolute Gasteiger partial charge is 0.483 e. The van der Waals surface area contributed by atoms with E-state index in [-0.39, 0.29) is 24.5 Å². The Morgan fingerprint density at radius 1 is 1.32 bits per heavy atom. The number of aromatic amines is 1. The Labute approximate surface area is 142 Å². The van der Waals surface area contributed by atoms with Crippen molar-refractivity contribution in [1.82, 2.24) is 20.3 Å². The summed E-state index contributed by atoms with van der Waals surface area (Å²) in [6.07, 6.45) is 1.60. The number of pyridine rings is 1. The molecule has 128 valence electrons. The normalized spacial score (nSPS) is 9.80. The number of benzene rings is 1. The molecule has 8 heteroatoms. The van der Waals surface area contributed by atoms with E-state index in [0.29, 0.717) is 17.2 Å². The highest BCUT2D eigenvalue weighted by molar-refractivity contribution is 6.05. The van der Waals surface area contributed by atoms with Crippen LogP contribution in [0.5, 0.6) is 0 Å². The molecule has 3 aromatic rings. The van der Waals surface area contributed by atoms with E-state index in [9.17, 15) is 9.59 Å². The zero-order chi connectivity index (χ0) is 18.2. The summed E-state index contributed by atoms with van der Waals surface area (Å²) >= 11 is 0. The molecule has 3 rings (SSSR count). The van der Waals surface area contributed by atoms with Crippen LogP contribution in [0.4, 0.5) is 0 Å². The second-order valence-corrected chi connectivity index (χ2v) is 4.99. The Hall–Kier alpha value is -3.55. The lowest BCUT2D eigenvalue weighted by Crippen LogP contribution is -2.25. The van der Waals surface area contributed by atoms with Gasteiger partial charge in [-0.2, -0.15) is 0 Å². The summed E-state index contributed by atoms with van der Waals surface area (Å²) in [5.74, 6) is 0.219. The Morgan fingerprint density at radius 3 is 2.76 bits per heavy atom. The molecular weight excluding hydrogens is 324 g/mol. The molecule has 0 aliphatic rings. The first kappa shape index (κ1) is 17.8. The van der Waals surface area contributed by atoms with Crippen LogP contribution in [-0.2, 0) is 11.3 Å². The molecule has 2 heterocycles. The Kier molecular flexibility index (Phi) is 5.94. The van der Waals surface area contributed by atoms with Gasteiger partial charge in [-0.25, -0.2) is 4.98 Å². The minimum atomic E-state index is -0.295. The van der Waals surface area contributed by atoms with Gasteiger partial charge in [-0.3, -0.25) is 19.4 Å². The first-order valence-electron chi connectivity index (χ1n) is 7.31. The van der Waals surface area contributed by atoms with Crippen LogP contribution in [0.15, 0.2) is 47.4 Å². The lowest BCUT2D eigenvalue weighted by atomic mass is 10.1. The predicted molar refractivity (Wildman–Crippen MR) is 91.2 cm³/mol. The molecule has 0 saturated carbocycles. The summed E-state index contributed by atoms with van der Waals surface area (Å²) in [6, 6.07) is 10.8. The average molecular weight is 340 g/mol. The molecule has 3 N–H and O–H groups in total. The van der Waals surface area contributed by atoms with Gasteiger partial charge in [0.1, 0.15) is 11.5 Å². The number of H-pyrrole nitrogens is 1. The number of carbonyl (C=O) groups is 2. The highest BCUT2D eigenvalue weighted by atomic mass is 16.3. The molecule has 1 amide bonds. The molecule has 0 saturated heterocycles. The minimum Gasteiger partial charge on any atom is -0.483 e. The minimum absolute atomic E-state index is 0.175. The number of nitrogens with one attached hydrogen (secondary N) is 2. The number of hydrogen-bond donors (Lipinski definition) is 3. The van der Waals surface area contributed by atoms with Crippen molar-refractivity contribution in [2.75, 3.05) is 0 Å². The zero-order valence-electron chi connectivity index (χ0n) is 13.4. The van der Waals surface area contributed by atoms with Gasteiger partial charge in [0, 0.05) is 17.6 Å². The third kappa shape index (κ3) is 4.71. The number of rotatable bonds is 3. The van der Waals surface area contributed by atoms with Crippen LogP contribution in [0, 0.1) is 6.92 Å². The van der Waals surface area contributed by atoms with Crippen molar-refractivity contribution < 1.29 is 14.7 Å². The van der Waals surface area contributed by atoms with Crippen molar-refractivity contribution in [1.29, 1.82) is 0 Å². The van der Waals surface area contributed by atoms with Gasteiger partial charge >= 0.3 is 0 Å². The maximum Gasteiger partial charge on any atom is 0.290 e. The zero-order valence-corrected chi connectivity index (χ0v) is 13.4. The number of carboxylic acid groups (broad SMARTS) is 1. The Balaban J connectivity index is 0.000000701. The van der Waals surface area contributed by atoms with Gasteiger partial charge < -0.3 is 15.4 Å². The number of carbonyl (C=O) groups excluding carboxylic acids is 1. The smallest absolute Gasteiger partial charge is 0.290 e. The van der Waals surface area contributed by atoms with Crippen LogP contribution in [0.1, 0.15) is 22.0 Å². The maximum atomic E-state index is 12.3. The molecule has 2 aromatic heterocycles.